The SMILES string of the molecule is CC/C(=C(\c1ccc(OC)cc1)c1ccc(OCCN(CC)CC)cc1)c1ccccc1. The number of benzene rings is 3. The molecule has 0 fully saturated rings. The van der Waals surface area contributed by atoms with Crippen LogP contribution in [0, 0.1) is 0 Å². The summed E-state index contributed by atoms with van der Waals surface area (Å²) < 4.78 is 11.4. The first kappa shape index (κ1) is 23.6. The topological polar surface area (TPSA) is 21.7 Å². The van der Waals surface area contributed by atoms with E-state index in [0.717, 1.165) is 37.6 Å². The summed E-state index contributed by atoms with van der Waals surface area (Å²) in [7, 11) is 1.70. The predicted octanol–water partition coefficient (Wildman–Crippen LogP) is 6.78. The fraction of sp³-hybridized carbons (Fsp3) is 0.310. The third-order valence-corrected chi connectivity index (χ3v) is 5.87. The van der Waals surface area contributed by atoms with Gasteiger partial charge in [0.2, 0.25) is 0 Å². The Morgan fingerprint density at radius 1 is 0.688 bits per heavy atom. The van der Waals surface area contributed by atoms with Gasteiger partial charge in [0.1, 0.15) is 18.1 Å². The Hall–Kier alpha value is -3.04. The second kappa shape index (κ2) is 12.1. The molecule has 0 radical (unpaired) electrons. The van der Waals surface area contributed by atoms with Crippen molar-refractivity contribution in [2.24, 2.45) is 0 Å². The van der Waals surface area contributed by atoms with Crippen LogP contribution < -0.4 is 9.47 Å². The van der Waals surface area contributed by atoms with Crippen LogP contribution in [0.25, 0.3) is 11.1 Å². The first-order valence-electron chi connectivity index (χ1n) is 11.6. The lowest BCUT2D eigenvalue weighted by Crippen LogP contribution is -2.27. The van der Waals surface area contributed by atoms with Crippen LogP contribution in [0.1, 0.15) is 43.9 Å². The molecule has 0 bridgehead atoms. The molecular formula is C29H35NO2. The standard InChI is InChI=1S/C29H35NO2/c1-5-28(23-11-9-8-10-12-23)29(24-13-17-26(31-4)18-14-24)25-15-19-27(20-16-25)32-22-21-30(6-2)7-3/h8-20H,5-7,21-22H2,1-4H3/b29-28-. The van der Waals surface area contributed by atoms with Crippen LogP contribution in [0.15, 0.2) is 78.9 Å². The van der Waals surface area contributed by atoms with E-state index >= 15 is 0 Å². The second-order valence-electron chi connectivity index (χ2n) is 7.70. The van der Waals surface area contributed by atoms with Crippen LogP contribution in [-0.2, 0) is 0 Å². The number of hydrogen-bond acceptors (Lipinski definition) is 3. The van der Waals surface area contributed by atoms with E-state index in [0.29, 0.717) is 6.61 Å². The summed E-state index contributed by atoms with van der Waals surface area (Å²) >= 11 is 0. The molecule has 32 heavy (non-hydrogen) atoms. The monoisotopic (exact) mass is 429 g/mol. The zero-order valence-corrected chi connectivity index (χ0v) is 19.8. The molecule has 3 heteroatoms. The van der Waals surface area contributed by atoms with Gasteiger partial charge >= 0.3 is 0 Å². The number of hydrogen-bond donors (Lipinski definition) is 0. The summed E-state index contributed by atoms with van der Waals surface area (Å²) in [5, 5.41) is 0. The highest BCUT2D eigenvalue weighted by molar-refractivity contribution is 5.98. The maximum atomic E-state index is 6.01. The summed E-state index contributed by atoms with van der Waals surface area (Å²) in [5.41, 5.74) is 6.19. The molecule has 3 rings (SSSR count). The normalized spacial score (nSPS) is 11.9. The van der Waals surface area contributed by atoms with E-state index in [1.54, 1.807) is 7.11 Å². The Labute approximate surface area is 193 Å². The van der Waals surface area contributed by atoms with Crippen molar-refractivity contribution in [1.29, 1.82) is 0 Å². The number of methoxy groups -OCH3 is 1. The van der Waals surface area contributed by atoms with Crippen molar-refractivity contribution >= 4 is 11.1 Å². The van der Waals surface area contributed by atoms with E-state index < -0.39 is 0 Å². The first-order chi connectivity index (χ1) is 15.7. The first-order valence-corrected chi connectivity index (χ1v) is 11.6. The fourth-order valence-electron chi connectivity index (χ4n) is 3.99. The molecule has 0 aliphatic rings. The van der Waals surface area contributed by atoms with Crippen molar-refractivity contribution in [3.8, 4) is 11.5 Å². The average molecular weight is 430 g/mol. The summed E-state index contributed by atoms with van der Waals surface area (Å²) in [6.45, 7) is 10.3. The molecule has 3 aromatic rings. The van der Waals surface area contributed by atoms with E-state index in [-0.39, 0.29) is 0 Å². The van der Waals surface area contributed by atoms with E-state index in [4.69, 9.17) is 9.47 Å². The lowest BCUT2D eigenvalue weighted by molar-refractivity contribution is 0.223. The van der Waals surface area contributed by atoms with Crippen molar-refractivity contribution in [3.63, 3.8) is 0 Å². The van der Waals surface area contributed by atoms with Gasteiger partial charge in [0, 0.05) is 6.54 Å². The molecule has 0 unspecified atom stereocenters. The number of likely N-dealkylation sites (N-methyl/N-ethyl adjacent to an activating group) is 1. The van der Waals surface area contributed by atoms with Crippen LogP contribution in [0.2, 0.25) is 0 Å². The van der Waals surface area contributed by atoms with Crippen LogP contribution in [0.5, 0.6) is 11.5 Å². The number of nitrogens with zero attached hydrogens (tertiary/aromatic N) is 1. The summed E-state index contributed by atoms with van der Waals surface area (Å²) in [4.78, 5) is 2.37. The van der Waals surface area contributed by atoms with E-state index in [1.165, 1.54) is 27.8 Å². The van der Waals surface area contributed by atoms with Crippen molar-refractivity contribution in [2.45, 2.75) is 27.2 Å². The fourth-order valence-corrected chi connectivity index (χ4v) is 3.99. The second-order valence-corrected chi connectivity index (χ2v) is 7.70. The third-order valence-electron chi connectivity index (χ3n) is 5.87. The van der Waals surface area contributed by atoms with Gasteiger partial charge < -0.3 is 14.4 Å². The van der Waals surface area contributed by atoms with Gasteiger partial charge in [-0.2, -0.15) is 0 Å². The Bertz CT molecular complexity index is 972. The van der Waals surface area contributed by atoms with Crippen LogP contribution in [0.4, 0.5) is 0 Å². The Morgan fingerprint density at radius 3 is 1.75 bits per heavy atom. The molecule has 3 aromatic carbocycles. The van der Waals surface area contributed by atoms with Gasteiger partial charge in [-0.05, 0) is 71.6 Å². The molecule has 0 heterocycles. The minimum atomic E-state index is 0.701. The zero-order valence-electron chi connectivity index (χ0n) is 19.8. The third kappa shape index (κ3) is 6.02. The van der Waals surface area contributed by atoms with Crippen molar-refractivity contribution < 1.29 is 9.47 Å². The molecular weight excluding hydrogens is 394 g/mol. The Morgan fingerprint density at radius 2 is 1.25 bits per heavy atom. The van der Waals surface area contributed by atoms with Gasteiger partial charge in [-0.15, -0.1) is 0 Å². The molecule has 3 nitrogen and oxygen atoms in total. The van der Waals surface area contributed by atoms with Crippen molar-refractivity contribution in [2.75, 3.05) is 33.4 Å². The van der Waals surface area contributed by atoms with E-state index in [9.17, 15) is 0 Å². The molecule has 0 N–H and O–H groups in total. The minimum Gasteiger partial charge on any atom is -0.497 e. The number of allylic oxidation sites excluding steroid dienone is 1. The van der Waals surface area contributed by atoms with Crippen LogP contribution >= 0.6 is 0 Å². The Kier molecular flexibility index (Phi) is 8.94. The van der Waals surface area contributed by atoms with Gasteiger partial charge in [-0.3, -0.25) is 0 Å². The lowest BCUT2D eigenvalue weighted by Gasteiger charge is -2.19. The highest BCUT2D eigenvalue weighted by atomic mass is 16.5. The molecule has 168 valence electrons. The maximum Gasteiger partial charge on any atom is 0.119 e. The molecule has 0 aliphatic carbocycles. The van der Waals surface area contributed by atoms with Crippen molar-refractivity contribution in [1.82, 2.24) is 4.90 Å². The maximum absolute atomic E-state index is 6.01. The quantitative estimate of drug-likeness (QED) is 0.313. The largest absolute Gasteiger partial charge is 0.497 e. The van der Waals surface area contributed by atoms with Crippen molar-refractivity contribution in [3.05, 3.63) is 95.6 Å². The number of rotatable bonds is 11. The summed E-state index contributed by atoms with van der Waals surface area (Å²) in [5.74, 6) is 1.77. The number of ether oxygens (including phenoxy) is 2. The molecule has 0 aromatic heterocycles. The van der Waals surface area contributed by atoms with E-state index in [2.05, 4.69) is 92.4 Å². The molecule has 0 aliphatic heterocycles. The van der Waals surface area contributed by atoms with Gasteiger partial charge in [0.25, 0.3) is 0 Å². The molecule has 0 saturated heterocycles. The summed E-state index contributed by atoms with van der Waals surface area (Å²) in [6.07, 6.45) is 0.938. The van der Waals surface area contributed by atoms with Crippen LogP contribution in [0.3, 0.4) is 0 Å². The average Bonchev–Trinajstić information content (AvgIpc) is 2.86. The predicted molar refractivity (Wildman–Crippen MR) is 135 cm³/mol. The molecule has 0 saturated carbocycles. The van der Waals surface area contributed by atoms with Crippen LogP contribution in [-0.4, -0.2) is 38.3 Å². The highest BCUT2D eigenvalue weighted by Crippen LogP contribution is 2.35. The molecule has 0 atom stereocenters. The molecule has 0 spiro atoms. The van der Waals surface area contributed by atoms with E-state index in [1.807, 2.05) is 12.1 Å². The van der Waals surface area contributed by atoms with Gasteiger partial charge in [0.05, 0.1) is 7.11 Å². The smallest absolute Gasteiger partial charge is 0.119 e. The summed E-state index contributed by atoms with van der Waals surface area (Å²) in [6, 6.07) is 27.5. The van der Waals surface area contributed by atoms with Gasteiger partial charge in [-0.1, -0.05) is 75.4 Å². The highest BCUT2D eigenvalue weighted by Gasteiger charge is 2.13. The zero-order chi connectivity index (χ0) is 22.8. The molecule has 0 amide bonds. The lowest BCUT2D eigenvalue weighted by atomic mass is 9.88. The van der Waals surface area contributed by atoms with Gasteiger partial charge in [0.15, 0.2) is 0 Å². The Balaban J connectivity index is 1.94. The van der Waals surface area contributed by atoms with Gasteiger partial charge in [-0.25, -0.2) is 0 Å². The minimum absolute atomic E-state index is 0.701.